The molecule has 0 spiro atoms. The van der Waals surface area contributed by atoms with Crippen LogP contribution in [0.2, 0.25) is 0 Å². The lowest BCUT2D eigenvalue weighted by atomic mass is 9.97. The fourth-order valence-electron chi connectivity index (χ4n) is 3.97. The summed E-state index contributed by atoms with van der Waals surface area (Å²) in [6.07, 6.45) is 1.41. The molecule has 166 valence electrons. The largest absolute Gasteiger partial charge is 0.445 e. The maximum absolute atomic E-state index is 13.3. The van der Waals surface area contributed by atoms with Gasteiger partial charge in [-0.1, -0.05) is 12.1 Å². The van der Waals surface area contributed by atoms with E-state index in [2.05, 4.69) is 10.3 Å². The molecule has 2 saturated heterocycles. The number of halogens is 1. The number of amides is 3. The molecule has 2 aromatic rings. The van der Waals surface area contributed by atoms with Crippen molar-refractivity contribution in [3.05, 3.63) is 53.0 Å². The lowest BCUT2D eigenvalue weighted by Crippen LogP contribution is -2.43. The van der Waals surface area contributed by atoms with Crippen molar-refractivity contribution in [3.63, 3.8) is 0 Å². The van der Waals surface area contributed by atoms with Crippen LogP contribution in [0.4, 0.5) is 9.18 Å². The summed E-state index contributed by atoms with van der Waals surface area (Å²) < 4.78 is 24.4. The molecule has 4 rings (SSSR count). The van der Waals surface area contributed by atoms with Crippen molar-refractivity contribution >= 4 is 11.9 Å². The molecule has 3 amide bonds. The van der Waals surface area contributed by atoms with Gasteiger partial charge < -0.3 is 24.3 Å². The number of aryl methyl sites for hydroxylation is 1. The summed E-state index contributed by atoms with van der Waals surface area (Å²) in [7, 11) is 0. The normalized spacial score (nSPS) is 17.6. The van der Waals surface area contributed by atoms with Gasteiger partial charge in [0.1, 0.15) is 11.6 Å². The average Bonchev–Trinajstić information content (AvgIpc) is 3.19. The molecular formula is C22H27FN4O4. The Morgan fingerprint density at radius 2 is 1.90 bits per heavy atom. The van der Waals surface area contributed by atoms with Crippen LogP contribution < -0.4 is 5.32 Å². The highest BCUT2D eigenvalue weighted by Crippen LogP contribution is 2.29. The van der Waals surface area contributed by atoms with Crippen molar-refractivity contribution in [2.24, 2.45) is 0 Å². The van der Waals surface area contributed by atoms with Gasteiger partial charge in [-0.2, -0.15) is 0 Å². The molecule has 0 aliphatic carbocycles. The summed E-state index contributed by atoms with van der Waals surface area (Å²) in [6.45, 7) is 5.36. The predicted molar refractivity (Wildman–Crippen MR) is 110 cm³/mol. The zero-order valence-corrected chi connectivity index (χ0v) is 17.6. The molecule has 8 nitrogen and oxygen atoms in total. The van der Waals surface area contributed by atoms with Crippen molar-refractivity contribution in [1.29, 1.82) is 0 Å². The van der Waals surface area contributed by atoms with Gasteiger partial charge in [0.05, 0.1) is 13.2 Å². The summed E-state index contributed by atoms with van der Waals surface area (Å²) >= 11 is 0. The number of likely N-dealkylation sites (tertiary alicyclic amines) is 1. The molecule has 0 radical (unpaired) electrons. The number of carbonyl (C=O) groups is 2. The second kappa shape index (κ2) is 9.47. The Hall–Kier alpha value is -2.94. The molecule has 2 aliphatic heterocycles. The van der Waals surface area contributed by atoms with E-state index in [1.807, 2.05) is 0 Å². The molecule has 31 heavy (non-hydrogen) atoms. The van der Waals surface area contributed by atoms with Crippen LogP contribution in [0.5, 0.6) is 0 Å². The fraction of sp³-hybridized carbons (Fsp3) is 0.500. The quantitative estimate of drug-likeness (QED) is 0.806. The minimum Gasteiger partial charge on any atom is -0.445 e. The Morgan fingerprint density at radius 3 is 2.61 bits per heavy atom. The summed E-state index contributed by atoms with van der Waals surface area (Å²) in [4.78, 5) is 33.2. The number of carbonyl (C=O) groups excluding carboxylic acids is 2. The highest BCUT2D eigenvalue weighted by atomic mass is 19.1. The number of benzene rings is 1. The van der Waals surface area contributed by atoms with Gasteiger partial charge in [-0.3, -0.25) is 4.79 Å². The van der Waals surface area contributed by atoms with Crippen molar-refractivity contribution in [3.8, 4) is 0 Å². The predicted octanol–water partition coefficient (Wildman–Crippen LogP) is 2.68. The second-order valence-electron chi connectivity index (χ2n) is 7.91. The number of hydrogen-bond acceptors (Lipinski definition) is 5. The van der Waals surface area contributed by atoms with E-state index in [1.54, 1.807) is 28.9 Å². The molecule has 3 heterocycles. The number of oxazole rings is 1. The maximum atomic E-state index is 13.3. The van der Waals surface area contributed by atoms with Gasteiger partial charge in [-0.05, 0) is 37.5 Å². The summed E-state index contributed by atoms with van der Waals surface area (Å²) in [6, 6.07) is 6.01. The van der Waals surface area contributed by atoms with Crippen molar-refractivity contribution < 1.29 is 23.1 Å². The number of urea groups is 1. The summed E-state index contributed by atoms with van der Waals surface area (Å²) in [5.74, 6) is 0.720. The molecule has 0 bridgehead atoms. The van der Waals surface area contributed by atoms with Gasteiger partial charge in [0.15, 0.2) is 11.6 Å². The van der Waals surface area contributed by atoms with Gasteiger partial charge >= 0.3 is 6.03 Å². The van der Waals surface area contributed by atoms with Crippen LogP contribution in [0, 0.1) is 12.7 Å². The van der Waals surface area contributed by atoms with Crippen LogP contribution in [0.1, 0.15) is 46.5 Å². The number of morpholine rings is 1. The van der Waals surface area contributed by atoms with E-state index in [0.29, 0.717) is 69.6 Å². The summed E-state index contributed by atoms with van der Waals surface area (Å²) in [5.41, 5.74) is 1.09. The summed E-state index contributed by atoms with van der Waals surface area (Å²) in [5, 5.41) is 2.84. The van der Waals surface area contributed by atoms with Crippen LogP contribution in [0.25, 0.3) is 0 Å². The third kappa shape index (κ3) is 5.04. The van der Waals surface area contributed by atoms with Gasteiger partial charge in [0.25, 0.3) is 5.91 Å². The number of aromatic nitrogens is 1. The van der Waals surface area contributed by atoms with E-state index in [0.717, 1.165) is 5.56 Å². The Bertz CT molecular complexity index is 933. The van der Waals surface area contributed by atoms with Crippen LogP contribution >= 0.6 is 0 Å². The van der Waals surface area contributed by atoms with Crippen molar-refractivity contribution in [2.45, 2.75) is 32.2 Å². The highest BCUT2D eigenvalue weighted by Gasteiger charge is 2.30. The second-order valence-corrected chi connectivity index (χ2v) is 7.91. The lowest BCUT2D eigenvalue weighted by Gasteiger charge is -2.30. The Labute approximate surface area is 180 Å². The van der Waals surface area contributed by atoms with Crippen LogP contribution in [-0.4, -0.2) is 66.1 Å². The topological polar surface area (TPSA) is 87.9 Å². The molecular weight excluding hydrogens is 403 g/mol. The Balaban J connectivity index is 1.30. The minimum absolute atomic E-state index is 0.0669. The fourth-order valence-corrected chi connectivity index (χ4v) is 3.97. The Kier molecular flexibility index (Phi) is 6.50. The molecule has 2 fully saturated rings. The first-order valence-electron chi connectivity index (χ1n) is 10.6. The lowest BCUT2D eigenvalue weighted by molar-refractivity contribution is 0.0298. The number of nitrogens with one attached hydrogen (secondary N) is 1. The van der Waals surface area contributed by atoms with Crippen molar-refractivity contribution in [1.82, 2.24) is 20.1 Å². The maximum Gasteiger partial charge on any atom is 0.317 e. The van der Waals surface area contributed by atoms with Gasteiger partial charge in [-0.25, -0.2) is 14.2 Å². The first kappa shape index (κ1) is 21.3. The number of nitrogens with zero attached hydrogens (tertiary/aromatic N) is 3. The van der Waals surface area contributed by atoms with Gasteiger partial charge in [0, 0.05) is 38.6 Å². The SMILES string of the molecule is Cc1oc(C2CCN(C(=O)NCc3cccc(F)c3)CC2)nc1C(=O)N1CCOCC1. The third-order valence-corrected chi connectivity index (χ3v) is 5.78. The van der Waals surface area contributed by atoms with Crippen LogP contribution in [-0.2, 0) is 11.3 Å². The molecule has 1 N–H and O–H groups in total. The molecule has 0 saturated carbocycles. The number of piperidine rings is 1. The first-order valence-corrected chi connectivity index (χ1v) is 10.6. The molecule has 0 atom stereocenters. The first-order chi connectivity index (χ1) is 15.0. The van der Waals surface area contributed by atoms with Gasteiger partial charge in [0.2, 0.25) is 0 Å². The monoisotopic (exact) mass is 430 g/mol. The molecule has 9 heteroatoms. The zero-order valence-electron chi connectivity index (χ0n) is 17.6. The molecule has 0 unspecified atom stereocenters. The highest BCUT2D eigenvalue weighted by molar-refractivity contribution is 5.93. The van der Waals surface area contributed by atoms with Crippen molar-refractivity contribution in [2.75, 3.05) is 39.4 Å². The van der Waals surface area contributed by atoms with E-state index in [4.69, 9.17) is 9.15 Å². The van der Waals surface area contributed by atoms with E-state index in [-0.39, 0.29) is 30.2 Å². The number of rotatable bonds is 4. The third-order valence-electron chi connectivity index (χ3n) is 5.78. The zero-order chi connectivity index (χ0) is 21.8. The average molecular weight is 430 g/mol. The van der Waals surface area contributed by atoms with E-state index in [9.17, 15) is 14.0 Å². The minimum atomic E-state index is -0.319. The van der Waals surface area contributed by atoms with Gasteiger partial charge in [-0.15, -0.1) is 0 Å². The number of ether oxygens (including phenoxy) is 1. The number of hydrogen-bond donors (Lipinski definition) is 1. The molecule has 1 aromatic carbocycles. The molecule has 1 aromatic heterocycles. The molecule has 2 aliphatic rings. The van der Waals surface area contributed by atoms with E-state index < -0.39 is 0 Å². The van der Waals surface area contributed by atoms with E-state index >= 15 is 0 Å². The van der Waals surface area contributed by atoms with Crippen LogP contribution in [0.3, 0.4) is 0 Å². The smallest absolute Gasteiger partial charge is 0.317 e. The Morgan fingerprint density at radius 1 is 1.16 bits per heavy atom. The van der Waals surface area contributed by atoms with E-state index in [1.165, 1.54) is 12.1 Å². The van der Waals surface area contributed by atoms with Crippen LogP contribution in [0.15, 0.2) is 28.7 Å². The standard InChI is InChI=1S/C22H27FN4O4/c1-15-19(21(28)26-9-11-30-12-10-26)25-20(31-15)17-5-7-27(8-6-17)22(29)24-14-16-3-2-4-18(23)13-16/h2-4,13,17H,5-12,14H2,1H3,(H,24,29).